The minimum Gasteiger partial charge on any atom is -0.343 e. The van der Waals surface area contributed by atoms with Crippen molar-refractivity contribution in [2.45, 2.75) is 19.3 Å². The van der Waals surface area contributed by atoms with Crippen molar-refractivity contribution in [3.63, 3.8) is 0 Å². The Balaban J connectivity index is 1.74. The summed E-state index contributed by atoms with van der Waals surface area (Å²) in [5.41, 5.74) is 1.42. The van der Waals surface area contributed by atoms with Crippen LogP contribution in [0.3, 0.4) is 0 Å². The first-order valence-electron chi connectivity index (χ1n) is 6.76. The average molecular weight is 246 g/mol. The highest BCUT2D eigenvalue weighted by Gasteiger charge is 2.16. The normalized spacial score (nSPS) is 18.6. The molecule has 1 atom stereocenters. The molecule has 0 radical (unpaired) electrons. The van der Waals surface area contributed by atoms with E-state index in [9.17, 15) is 4.79 Å². The number of piperazine rings is 1. The largest absolute Gasteiger partial charge is 0.343 e. The van der Waals surface area contributed by atoms with Crippen molar-refractivity contribution in [3.8, 4) is 0 Å². The standard InChI is InChI=1S/C15H22N2O/c1-14(15-5-3-2-4-6-15)7-8-16-9-11-17(13-18)12-10-16/h2-6,13-14H,7-12H2,1H3/t14-/m1/s1. The molecular formula is C15H22N2O. The third-order valence-corrected chi connectivity index (χ3v) is 3.80. The first-order chi connectivity index (χ1) is 8.79. The molecule has 1 fully saturated rings. The zero-order valence-corrected chi connectivity index (χ0v) is 11.1. The summed E-state index contributed by atoms with van der Waals surface area (Å²) in [6, 6.07) is 10.7. The van der Waals surface area contributed by atoms with E-state index in [4.69, 9.17) is 0 Å². The van der Waals surface area contributed by atoms with Crippen LogP contribution in [0.4, 0.5) is 0 Å². The predicted molar refractivity (Wildman–Crippen MR) is 73.6 cm³/mol. The van der Waals surface area contributed by atoms with Gasteiger partial charge in [0.25, 0.3) is 0 Å². The molecule has 0 unspecified atom stereocenters. The molecule has 0 aliphatic carbocycles. The lowest BCUT2D eigenvalue weighted by Gasteiger charge is -2.33. The molecule has 1 aliphatic rings. The topological polar surface area (TPSA) is 23.6 Å². The van der Waals surface area contributed by atoms with Crippen molar-refractivity contribution in [1.29, 1.82) is 0 Å². The highest BCUT2D eigenvalue weighted by molar-refractivity contribution is 5.47. The Bertz CT molecular complexity index is 358. The van der Waals surface area contributed by atoms with Crippen molar-refractivity contribution in [2.24, 2.45) is 0 Å². The Morgan fingerprint density at radius 1 is 1.17 bits per heavy atom. The first kappa shape index (κ1) is 13.1. The molecular weight excluding hydrogens is 224 g/mol. The Kier molecular flexibility index (Phi) is 4.76. The zero-order chi connectivity index (χ0) is 12.8. The maximum absolute atomic E-state index is 10.6. The minimum absolute atomic E-state index is 0.607. The highest BCUT2D eigenvalue weighted by Crippen LogP contribution is 2.19. The van der Waals surface area contributed by atoms with Gasteiger partial charge >= 0.3 is 0 Å². The fourth-order valence-electron chi connectivity index (χ4n) is 2.42. The summed E-state index contributed by atoms with van der Waals surface area (Å²) in [6.45, 7) is 7.20. The molecule has 1 aromatic carbocycles. The Hall–Kier alpha value is -1.35. The van der Waals surface area contributed by atoms with E-state index in [1.807, 2.05) is 4.90 Å². The molecule has 0 N–H and O–H groups in total. The molecule has 2 rings (SSSR count). The van der Waals surface area contributed by atoms with Crippen LogP contribution in [0.25, 0.3) is 0 Å². The van der Waals surface area contributed by atoms with Crippen LogP contribution in [-0.4, -0.2) is 48.9 Å². The average Bonchev–Trinajstić information content (AvgIpc) is 2.46. The van der Waals surface area contributed by atoms with Crippen LogP contribution in [-0.2, 0) is 4.79 Å². The molecule has 1 saturated heterocycles. The summed E-state index contributed by atoms with van der Waals surface area (Å²) >= 11 is 0. The number of carbonyl (C=O) groups is 1. The molecule has 3 nitrogen and oxygen atoms in total. The summed E-state index contributed by atoms with van der Waals surface area (Å²) in [6.07, 6.45) is 2.15. The SMILES string of the molecule is C[C@H](CCN1CCN(C=O)CC1)c1ccccc1. The fraction of sp³-hybridized carbons (Fsp3) is 0.533. The van der Waals surface area contributed by atoms with Gasteiger partial charge in [-0.3, -0.25) is 9.69 Å². The second-order valence-electron chi connectivity index (χ2n) is 5.08. The number of hydrogen-bond donors (Lipinski definition) is 0. The monoisotopic (exact) mass is 246 g/mol. The van der Waals surface area contributed by atoms with E-state index in [0.717, 1.165) is 39.1 Å². The second kappa shape index (κ2) is 6.55. The summed E-state index contributed by atoms with van der Waals surface area (Å²) in [5, 5.41) is 0. The Morgan fingerprint density at radius 3 is 2.44 bits per heavy atom. The van der Waals surface area contributed by atoms with Gasteiger partial charge in [-0.1, -0.05) is 37.3 Å². The molecule has 0 bridgehead atoms. The minimum atomic E-state index is 0.607. The lowest BCUT2D eigenvalue weighted by atomic mass is 9.97. The molecule has 1 aliphatic heterocycles. The Labute approximate surface area is 109 Å². The number of carbonyl (C=O) groups excluding carboxylic acids is 1. The van der Waals surface area contributed by atoms with Gasteiger partial charge in [-0.15, -0.1) is 0 Å². The van der Waals surface area contributed by atoms with Gasteiger partial charge in [-0.25, -0.2) is 0 Å². The second-order valence-corrected chi connectivity index (χ2v) is 5.08. The van der Waals surface area contributed by atoms with Crippen molar-refractivity contribution in [2.75, 3.05) is 32.7 Å². The van der Waals surface area contributed by atoms with E-state index in [-0.39, 0.29) is 0 Å². The summed E-state index contributed by atoms with van der Waals surface area (Å²) < 4.78 is 0. The molecule has 1 heterocycles. The molecule has 0 aromatic heterocycles. The first-order valence-corrected chi connectivity index (χ1v) is 6.76. The number of amides is 1. The molecule has 18 heavy (non-hydrogen) atoms. The van der Waals surface area contributed by atoms with Gasteiger partial charge in [0.1, 0.15) is 0 Å². The quantitative estimate of drug-likeness (QED) is 0.741. The van der Waals surface area contributed by atoms with E-state index < -0.39 is 0 Å². The zero-order valence-electron chi connectivity index (χ0n) is 11.1. The van der Waals surface area contributed by atoms with Gasteiger partial charge in [-0.05, 0) is 24.4 Å². The molecule has 98 valence electrons. The smallest absolute Gasteiger partial charge is 0.209 e. The van der Waals surface area contributed by atoms with E-state index in [0.29, 0.717) is 5.92 Å². The summed E-state index contributed by atoms with van der Waals surface area (Å²) in [7, 11) is 0. The van der Waals surface area contributed by atoms with Crippen LogP contribution in [0.1, 0.15) is 24.8 Å². The van der Waals surface area contributed by atoms with Gasteiger partial charge < -0.3 is 4.90 Å². The van der Waals surface area contributed by atoms with E-state index in [2.05, 4.69) is 42.2 Å². The number of rotatable bonds is 5. The van der Waals surface area contributed by atoms with Crippen LogP contribution in [0.2, 0.25) is 0 Å². The van der Waals surface area contributed by atoms with Crippen LogP contribution in [0.5, 0.6) is 0 Å². The molecule has 0 spiro atoms. The van der Waals surface area contributed by atoms with Crippen LogP contribution >= 0.6 is 0 Å². The Morgan fingerprint density at radius 2 is 1.83 bits per heavy atom. The lowest BCUT2D eigenvalue weighted by Crippen LogP contribution is -2.45. The van der Waals surface area contributed by atoms with Gasteiger partial charge in [0.15, 0.2) is 0 Å². The summed E-state index contributed by atoms with van der Waals surface area (Å²) in [4.78, 5) is 14.9. The third-order valence-electron chi connectivity index (χ3n) is 3.80. The van der Waals surface area contributed by atoms with Crippen molar-refractivity contribution in [3.05, 3.63) is 35.9 Å². The van der Waals surface area contributed by atoms with Crippen LogP contribution < -0.4 is 0 Å². The number of benzene rings is 1. The maximum Gasteiger partial charge on any atom is 0.209 e. The van der Waals surface area contributed by atoms with Crippen molar-refractivity contribution < 1.29 is 4.79 Å². The fourth-order valence-corrected chi connectivity index (χ4v) is 2.42. The van der Waals surface area contributed by atoms with Gasteiger partial charge in [-0.2, -0.15) is 0 Å². The van der Waals surface area contributed by atoms with Crippen molar-refractivity contribution >= 4 is 6.41 Å². The molecule has 1 amide bonds. The molecule has 0 saturated carbocycles. The summed E-state index contributed by atoms with van der Waals surface area (Å²) in [5.74, 6) is 0.607. The van der Waals surface area contributed by atoms with E-state index in [1.54, 1.807) is 0 Å². The van der Waals surface area contributed by atoms with Gasteiger partial charge in [0, 0.05) is 26.2 Å². The number of nitrogens with zero attached hydrogens (tertiary/aromatic N) is 2. The lowest BCUT2D eigenvalue weighted by molar-refractivity contribution is -0.119. The third kappa shape index (κ3) is 3.57. The van der Waals surface area contributed by atoms with Gasteiger partial charge in [0.2, 0.25) is 6.41 Å². The highest BCUT2D eigenvalue weighted by atomic mass is 16.1. The van der Waals surface area contributed by atoms with E-state index >= 15 is 0 Å². The van der Waals surface area contributed by atoms with Crippen LogP contribution in [0.15, 0.2) is 30.3 Å². The van der Waals surface area contributed by atoms with Crippen LogP contribution in [0, 0.1) is 0 Å². The maximum atomic E-state index is 10.6. The molecule has 1 aromatic rings. The predicted octanol–water partition coefficient (Wildman–Crippen LogP) is 1.95. The van der Waals surface area contributed by atoms with Crippen molar-refractivity contribution in [1.82, 2.24) is 9.80 Å². The van der Waals surface area contributed by atoms with E-state index in [1.165, 1.54) is 12.0 Å². The number of hydrogen-bond acceptors (Lipinski definition) is 2. The van der Waals surface area contributed by atoms with Gasteiger partial charge in [0.05, 0.1) is 0 Å². The molecule has 3 heteroatoms.